The monoisotopic (exact) mass is 425 g/mol. The molecule has 0 bridgehead atoms. The second kappa shape index (κ2) is 10.2. The molecule has 0 spiro atoms. The molecule has 166 valence electrons. The predicted octanol–water partition coefficient (Wildman–Crippen LogP) is 2.91. The van der Waals surface area contributed by atoms with Crippen LogP contribution >= 0.6 is 0 Å². The van der Waals surface area contributed by atoms with Crippen molar-refractivity contribution >= 4 is 11.9 Å². The van der Waals surface area contributed by atoms with Gasteiger partial charge in [-0.25, -0.2) is 4.79 Å². The number of nitrogens with zero attached hydrogens (tertiary/aromatic N) is 1. The highest BCUT2D eigenvalue weighted by molar-refractivity contribution is 5.87. The molecule has 1 unspecified atom stereocenters. The molecule has 1 aliphatic rings. The Balaban J connectivity index is 1.73. The summed E-state index contributed by atoms with van der Waals surface area (Å²) < 4.78 is 10.8. The Hall–Kier alpha value is -3.22. The van der Waals surface area contributed by atoms with Gasteiger partial charge in [-0.15, -0.1) is 0 Å². The number of carbonyl (C=O) groups is 2. The van der Waals surface area contributed by atoms with Gasteiger partial charge < -0.3 is 25.0 Å². The van der Waals surface area contributed by atoms with Crippen molar-refractivity contribution in [1.29, 1.82) is 0 Å². The van der Waals surface area contributed by atoms with Gasteiger partial charge in [0.05, 0.1) is 14.2 Å². The van der Waals surface area contributed by atoms with Gasteiger partial charge in [-0.3, -0.25) is 4.79 Å². The maximum absolute atomic E-state index is 13.1. The molecule has 0 saturated carbocycles. The van der Waals surface area contributed by atoms with Crippen molar-refractivity contribution in [3.05, 3.63) is 59.2 Å². The summed E-state index contributed by atoms with van der Waals surface area (Å²) in [6.07, 6.45) is 1.14. The van der Waals surface area contributed by atoms with Gasteiger partial charge in [0, 0.05) is 25.6 Å². The first-order valence-corrected chi connectivity index (χ1v) is 10.5. The van der Waals surface area contributed by atoms with Crippen molar-refractivity contribution in [2.75, 3.05) is 20.8 Å². The van der Waals surface area contributed by atoms with E-state index in [4.69, 9.17) is 9.47 Å². The van der Waals surface area contributed by atoms with Crippen molar-refractivity contribution in [2.24, 2.45) is 0 Å². The van der Waals surface area contributed by atoms with E-state index in [0.717, 1.165) is 16.7 Å². The summed E-state index contributed by atoms with van der Waals surface area (Å²) >= 11 is 0. The maximum atomic E-state index is 13.1. The topological polar surface area (TPSA) is 79.9 Å². The van der Waals surface area contributed by atoms with Gasteiger partial charge in [-0.05, 0) is 49.1 Å². The molecule has 3 rings (SSSR count). The summed E-state index contributed by atoms with van der Waals surface area (Å²) in [6, 6.07) is 12.7. The lowest BCUT2D eigenvalue weighted by atomic mass is 9.99. The molecule has 0 radical (unpaired) electrons. The third-order valence-corrected chi connectivity index (χ3v) is 5.33. The van der Waals surface area contributed by atoms with Crippen LogP contribution in [0.15, 0.2) is 42.5 Å². The lowest BCUT2D eigenvalue weighted by Crippen LogP contribution is -2.53. The Morgan fingerprint density at radius 1 is 1.00 bits per heavy atom. The third kappa shape index (κ3) is 5.69. The number of ether oxygens (including phenoxy) is 2. The molecule has 2 aromatic rings. The first kappa shape index (κ1) is 22.5. The van der Waals surface area contributed by atoms with Gasteiger partial charge in [0.2, 0.25) is 5.91 Å². The van der Waals surface area contributed by atoms with Gasteiger partial charge in [0.15, 0.2) is 11.5 Å². The molecule has 0 aliphatic carbocycles. The fourth-order valence-corrected chi connectivity index (χ4v) is 3.74. The summed E-state index contributed by atoms with van der Waals surface area (Å²) in [4.78, 5) is 27.5. The number of hydrogen-bond donors (Lipinski definition) is 2. The number of urea groups is 1. The quantitative estimate of drug-likeness (QED) is 0.715. The summed E-state index contributed by atoms with van der Waals surface area (Å²) in [6.45, 7) is 4.83. The lowest BCUT2D eigenvalue weighted by molar-refractivity contribution is -0.123. The number of methoxy groups -OCH3 is 2. The van der Waals surface area contributed by atoms with Crippen LogP contribution in [-0.2, 0) is 24.2 Å². The first-order valence-electron chi connectivity index (χ1n) is 10.5. The van der Waals surface area contributed by atoms with E-state index >= 15 is 0 Å². The Labute approximate surface area is 183 Å². The maximum Gasteiger partial charge on any atom is 0.318 e. The van der Waals surface area contributed by atoms with Gasteiger partial charge in [-0.1, -0.05) is 30.3 Å². The fourth-order valence-electron chi connectivity index (χ4n) is 3.74. The molecule has 3 amide bonds. The van der Waals surface area contributed by atoms with Crippen LogP contribution in [0.1, 0.15) is 30.5 Å². The minimum atomic E-state index is -0.649. The number of rotatable bonds is 7. The second-order valence-corrected chi connectivity index (χ2v) is 8.00. The average Bonchev–Trinajstić information content (AvgIpc) is 2.77. The lowest BCUT2D eigenvalue weighted by Gasteiger charge is -2.31. The molecule has 2 N–H and O–H groups in total. The average molecular weight is 426 g/mol. The molecule has 0 aromatic heterocycles. The highest BCUT2D eigenvalue weighted by Gasteiger charge is 2.27. The molecule has 7 nitrogen and oxygen atoms in total. The highest BCUT2D eigenvalue weighted by Crippen LogP contribution is 2.33. The number of nitrogens with one attached hydrogen (secondary N) is 2. The van der Waals surface area contributed by atoms with Crippen LogP contribution in [0.5, 0.6) is 11.5 Å². The zero-order chi connectivity index (χ0) is 22.4. The summed E-state index contributed by atoms with van der Waals surface area (Å²) in [5, 5.41) is 5.85. The van der Waals surface area contributed by atoms with E-state index in [9.17, 15) is 9.59 Å². The molecule has 1 atom stereocenters. The number of fused-ring (bicyclic) bond motifs is 1. The van der Waals surface area contributed by atoms with Crippen LogP contribution in [0, 0.1) is 0 Å². The molecule has 1 aliphatic heterocycles. The van der Waals surface area contributed by atoms with Crippen LogP contribution in [0.25, 0.3) is 0 Å². The molecule has 7 heteroatoms. The van der Waals surface area contributed by atoms with Crippen LogP contribution < -0.4 is 20.1 Å². The van der Waals surface area contributed by atoms with Crippen LogP contribution in [0.2, 0.25) is 0 Å². The summed E-state index contributed by atoms with van der Waals surface area (Å²) in [7, 11) is 3.21. The van der Waals surface area contributed by atoms with Crippen LogP contribution in [0.4, 0.5) is 4.79 Å². The van der Waals surface area contributed by atoms with Gasteiger partial charge >= 0.3 is 6.03 Å². The zero-order valence-corrected chi connectivity index (χ0v) is 18.6. The van der Waals surface area contributed by atoms with E-state index in [1.165, 1.54) is 0 Å². The van der Waals surface area contributed by atoms with E-state index in [-0.39, 0.29) is 18.0 Å². The van der Waals surface area contributed by atoms with E-state index in [1.54, 1.807) is 19.1 Å². The van der Waals surface area contributed by atoms with Gasteiger partial charge in [-0.2, -0.15) is 0 Å². The van der Waals surface area contributed by atoms with Crippen molar-refractivity contribution in [1.82, 2.24) is 15.5 Å². The van der Waals surface area contributed by atoms with Crippen molar-refractivity contribution in [3.8, 4) is 11.5 Å². The van der Waals surface area contributed by atoms with Crippen molar-refractivity contribution < 1.29 is 19.1 Å². The third-order valence-electron chi connectivity index (χ3n) is 5.33. The number of amides is 3. The highest BCUT2D eigenvalue weighted by atomic mass is 16.5. The van der Waals surface area contributed by atoms with Crippen molar-refractivity contribution in [2.45, 2.75) is 45.3 Å². The molecule has 1 heterocycles. The molecule has 0 saturated heterocycles. The van der Waals surface area contributed by atoms with Crippen LogP contribution in [-0.4, -0.2) is 49.7 Å². The molecule has 0 fully saturated rings. The molecule has 2 aromatic carbocycles. The summed E-state index contributed by atoms with van der Waals surface area (Å²) in [5.74, 6) is 1.14. The molecule has 31 heavy (non-hydrogen) atoms. The Morgan fingerprint density at radius 2 is 1.65 bits per heavy atom. The predicted molar refractivity (Wildman–Crippen MR) is 119 cm³/mol. The molecular formula is C24H31N3O4. The smallest absolute Gasteiger partial charge is 0.318 e. The Bertz CT molecular complexity index is 915. The summed E-state index contributed by atoms with van der Waals surface area (Å²) in [5.41, 5.74) is 3.15. The van der Waals surface area contributed by atoms with Crippen molar-refractivity contribution in [3.63, 3.8) is 0 Å². The number of carbonyl (C=O) groups excluding carboxylic acids is 2. The van der Waals surface area contributed by atoms with E-state index < -0.39 is 6.04 Å². The Kier molecular flexibility index (Phi) is 7.39. The Morgan fingerprint density at radius 3 is 2.26 bits per heavy atom. The standard InChI is InChI=1S/C24H31N3O4/c1-16(2)25-23(28)20(12-17-8-6-5-7-9-17)26-24(29)27-11-10-18-13-21(30-3)22(31-4)14-19(18)15-27/h5-9,13-14,16,20H,10-12,15H2,1-4H3,(H,25,28)(H,26,29). The zero-order valence-electron chi connectivity index (χ0n) is 18.6. The molecular weight excluding hydrogens is 394 g/mol. The minimum absolute atomic E-state index is 0.00742. The largest absolute Gasteiger partial charge is 0.493 e. The van der Waals surface area contributed by atoms with Gasteiger partial charge in [0.1, 0.15) is 6.04 Å². The van der Waals surface area contributed by atoms with E-state index in [2.05, 4.69) is 10.6 Å². The number of benzene rings is 2. The fraction of sp³-hybridized carbons (Fsp3) is 0.417. The SMILES string of the molecule is COc1cc2c(cc1OC)CN(C(=O)NC(Cc1ccccc1)C(=O)NC(C)C)CC2. The van der Waals surface area contributed by atoms with Gasteiger partial charge in [0.25, 0.3) is 0 Å². The second-order valence-electron chi connectivity index (χ2n) is 8.00. The number of hydrogen-bond acceptors (Lipinski definition) is 4. The first-order chi connectivity index (χ1) is 14.9. The van der Waals surface area contributed by atoms with Crippen LogP contribution in [0.3, 0.4) is 0 Å². The van der Waals surface area contributed by atoms with E-state index in [1.807, 2.05) is 56.3 Å². The minimum Gasteiger partial charge on any atom is -0.493 e. The van der Waals surface area contributed by atoms with E-state index in [0.29, 0.717) is 37.4 Å². The normalized spacial score (nSPS) is 13.9.